The molecule has 3 rings (SSSR count). The fourth-order valence-corrected chi connectivity index (χ4v) is 3.21. The smallest absolute Gasteiger partial charge is 0.317 e. The Bertz CT molecular complexity index is 498. The van der Waals surface area contributed by atoms with E-state index < -0.39 is 0 Å². The number of aryl methyl sites for hydroxylation is 1. The lowest BCUT2D eigenvalue weighted by atomic mass is 10.0. The molecule has 6 nitrogen and oxygen atoms in total. The molecule has 0 spiro atoms. The van der Waals surface area contributed by atoms with Crippen molar-refractivity contribution in [1.82, 2.24) is 25.0 Å². The van der Waals surface area contributed by atoms with Crippen molar-refractivity contribution in [3.8, 4) is 0 Å². The molecule has 3 heterocycles. The van der Waals surface area contributed by atoms with Gasteiger partial charge in [0.2, 0.25) is 0 Å². The Labute approximate surface area is 119 Å². The maximum atomic E-state index is 12.3. The molecule has 6 heteroatoms. The van der Waals surface area contributed by atoms with Crippen LogP contribution in [0.5, 0.6) is 0 Å². The van der Waals surface area contributed by atoms with Crippen molar-refractivity contribution in [2.24, 2.45) is 5.92 Å². The van der Waals surface area contributed by atoms with Gasteiger partial charge in [-0.05, 0) is 32.1 Å². The first-order valence-electron chi connectivity index (χ1n) is 7.62. The summed E-state index contributed by atoms with van der Waals surface area (Å²) >= 11 is 0. The van der Waals surface area contributed by atoms with Crippen LogP contribution < -0.4 is 5.32 Å². The van der Waals surface area contributed by atoms with Crippen LogP contribution in [0.4, 0.5) is 4.79 Å². The lowest BCUT2D eigenvalue weighted by Gasteiger charge is -2.31. The number of aromatic nitrogens is 3. The number of amides is 2. The summed E-state index contributed by atoms with van der Waals surface area (Å²) in [4.78, 5) is 14.2. The second-order valence-electron chi connectivity index (χ2n) is 6.09. The van der Waals surface area contributed by atoms with Crippen molar-refractivity contribution in [3.63, 3.8) is 0 Å². The molecule has 110 valence electrons. The van der Waals surface area contributed by atoms with Gasteiger partial charge in [-0.15, -0.1) is 10.2 Å². The number of carbonyl (C=O) groups is 1. The summed E-state index contributed by atoms with van der Waals surface area (Å²) in [5, 5.41) is 11.5. The Kier molecular flexibility index (Phi) is 3.63. The number of carbonyl (C=O) groups excluding carboxylic acids is 1. The number of rotatable bonds is 2. The molecule has 1 N–H and O–H groups in total. The number of hydrogen-bond acceptors (Lipinski definition) is 3. The molecule has 1 aromatic heterocycles. The standard InChI is InChI=1S/C14H23N5O/c1-10-5-3-7-18(9-10)14(20)15-11(2)13-17-16-12-6-4-8-19(12)13/h10-11H,3-9H2,1-2H3,(H,15,20)/t10-,11+/m0/s1. The minimum absolute atomic E-state index is 0.0272. The summed E-state index contributed by atoms with van der Waals surface area (Å²) in [6.45, 7) is 6.88. The first-order valence-corrected chi connectivity index (χ1v) is 7.62. The Morgan fingerprint density at radius 1 is 1.35 bits per heavy atom. The minimum atomic E-state index is -0.0842. The van der Waals surface area contributed by atoms with Crippen molar-refractivity contribution in [2.75, 3.05) is 13.1 Å². The molecule has 2 aliphatic heterocycles. The molecule has 0 saturated carbocycles. The van der Waals surface area contributed by atoms with Gasteiger partial charge in [0.1, 0.15) is 5.82 Å². The number of hydrogen-bond donors (Lipinski definition) is 1. The SMILES string of the molecule is C[C@H]1CCCN(C(=O)N[C@H](C)c2nnc3n2CCC3)C1. The zero-order valence-electron chi connectivity index (χ0n) is 12.3. The molecule has 0 radical (unpaired) electrons. The van der Waals surface area contributed by atoms with E-state index in [1.165, 1.54) is 6.42 Å². The number of urea groups is 1. The predicted molar refractivity (Wildman–Crippen MR) is 75.3 cm³/mol. The van der Waals surface area contributed by atoms with Crippen LogP contribution in [0.15, 0.2) is 0 Å². The molecule has 0 aromatic carbocycles. The molecule has 1 aromatic rings. The summed E-state index contributed by atoms with van der Waals surface area (Å²) in [5.41, 5.74) is 0. The topological polar surface area (TPSA) is 63.1 Å². The first-order chi connectivity index (χ1) is 9.65. The van der Waals surface area contributed by atoms with Crippen LogP contribution in [0.25, 0.3) is 0 Å². The normalized spacial score (nSPS) is 23.5. The largest absolute Gasteiger partial charge is 0.328 e. The third kappa shape index (κ3) is 2.51. The number of piperidine rings is 1. The van der Waals surface area contributed by atoms with Gasteiger partial charge >= 0.3 is 6.03 Å². The second-order valence-corrected chi connectivity index (χ2v) is 6.09. The quantitative estimate of drug-likeness (QED) is 0.895. The Hall–Kier alpha value is -1.59. The van der Waals surface area contributed by atoms with Gasteiger partial charge in [0, 0.05) is 26.1 Å². The van der Waals surface area contributed by atoms with Crippen molar-refractivity contribution >= 4 is 6.03 Å². The van der Waals surface area contributed by atoms with Gasteiger partial charge in [-0.1, -0.05) is 6.92 Å². The number of nitrogens with zero attached hydrogens (tertiary/aromatic N) is 4. The molecule has 2 aliphatic rings. The zero-order chi connectivity index (χ0) is 14.1. The van der Waals surface area contributed by atoms with Crippen molar-refractivity contribution in [2.45, 2.75) is 52.1 Å². The Balaban J connectivity index is 1.63. The second kappa shape index (κ2) is 5.42. The molecule has 0 aliphatic carbocycles. The molecule has 2 amide bonds. The van der Waals surface area contributed by atoms with E-state index in [0.29, 0.717) is 5.92 Å². The summed E-state index contributed by atoms with van der Waals surface area (Å²) in [6.07, 6.45) is 4.44. The maximum absolute atomic E-state index is 12.3. The third-order valence-electron chi connectivity index (χ3n) is 4.31. The molecular weight excluding hydrogens is 254 g/mol. The zero-order valence-corrected chi connectivity index (χ0v) is 12.3. The van der Waals surface area contributed by atoms with Crippen molar-refractivity contribution < 1.29 is 4.79 Å². The summed E-state index contributed by atoms with van der Waals surface area (Å²) in [6, 6.07) is -0.0570. The van der Waals surface area contributed by atoms with E-state index >= 15 is 0 Å². The number of nitrogens with one attached hydrogen (secondary N) is 1. The van der Waals surface area contributed by atoms with Crippen LogP contribution in [-0.4, -0.2) is 38.8 Å². The van der Waals surface area contributed by atoms with E-state index in [4.69, 9.17) is 0 Å². The van der Waals surface area contributed by atoms with Crippen LogP contribution in [0.3, 0.4) is 0 Å². The highest BCUT2D eigenvalue weighted by molar-refractivity contribution is 5.74. The van der Waals surface area contributed by atoms with Gasteiger partial charge in [-0.2, -0.15) is 0 Å². The van der Waals surface area contributed by atoms with Crippen molar-refractivity contribution in [3.05, 3.63) is 11.6 Å². The van der Waals surface area contributed by atoms with Crippen molar-refractivity contribution in [1.29, 1.82) is 0 Å². The summed E-state index contributed by atoms with van der Waals surface area (Å²) < 4.78 is 2.14. The number of fused-ring (bicyclic) bond motifs is 1. The van der Waals surface area contributed by atoms with Gasteiger partial charge in [0.15, 0.2) is 5.82 Å². The Morgan fingerprint density at radius 2 is 2.20 bits per heavy atom. The fourth-order valence-electron chi connectivity index (χ4n) is 3.21. The van der Waals surface area contributed by atoms with Crippen LogP contribution in [0.1, 0.15) is 50.8 Å². The lowest BCUT2D eigenvalue weighted by Crippen LogP contribution is -2.46. The van der Waals surface area contributed by atoms with Gasteiger partial charge in [0.05, 0.1) is 6.04 Å². The molecule has 0 bridgehead atoms. The van der Waals surface area contributed by atoms with Crippen LogP contribution in [-0.2, 0) is 13.0 Å². The van der Waals surface area contributed by atoms with E-state index in [-0.39, 0.29) is 12.1 Å². The van der Waals surface area contributed by atoms with E-state index in [1.807, 2.05) is 11.8 Å². The predicted octanol–water partition coefficient (Wildman–Crippen LogP) is 1.73. The first kappa shape index (κ1) is 13.4. The minimum Gasteiger partial charge on any atom is -0.328 e. The average Bonchev–Trinajstić information content (AvgIpc) is 3.00. The lowest BCUT2D eigenvalue weighted by molar-refractivity contribution is 0.166. The Morgan fingerprint density at radius 3 is 3.00 bits per heavy atom. The number of likely N-dealkylation sites (tertiary alicyclic amines) is 1. The maximum Gasteiger partial charge on any atom is 0.317 e. The molecule has 1 saturated heterocycles. The van der Waals surface area contributed by atoms with E-state index in [9.17, 15) is 4.79 Å². The van der Waals surface area contributed by atoms with Gasteiger partial charge in [0.25, 0.3) is 0 Å². The molecule has 0 unspecified atom stereocenters. The van der Waals surface area contributed by atoms with Gasteiger partial charge in [-0.25, -0.2) is 4.79 Å². The molecule has 2 atom stereocenters. The third-order valence-corrected chi connectivity index (χ3v) is 4.31. The molecular formula is C14H23N5O. The van der Waals surface area contributed by atoms with Crippen LogP contribution in [0.2, 0.25) is 0 Å². The molecule has 1 fully saturated rings. The highest BCUT2D eigenvalue weighted by atomic mass is 16.2. The van der Waals surface area contributed by atoms with Gasteiger partial charge < -0.3 is 14.8 Å². The van der Waals surface area contributed by atoms with E-state index in [2.05, 4.69) is 27.0 Å². The van der Waals surface area contributed by atoms with E-state index in [0.717, 1.165) is 50.5 Å². The van der Waals surface area contributed by atoms with E-state index in [1.54, 1.807) is 0 Å². The van der Waals surface area contributed by atoms with Crippen LogP contribution >= 0.6 is 0 Å². The highest BCUT2D eigenvalue weighted by Gasteiger charge is 2.25. The average molecular weight is 277 g/mol. The van der Waals surface area contributed by atoms with Gasteiger partial charge in [-0.3, -0.25) is 0 Å². The molecule has 20 heavy (non-hydrogen) atoms. The fraction of sp³-hybridized carbons (Fsp3) is 0.786. The highest BCUT2D eigenvalue weighted by Crippen LogP contribution is 2.20. The summed E-state index contributed by atoms with van der Waals surface area (Å²) in [7, 11) is 0. The van der Waals surface area contributed by atoms with Crippen LogP contribution in [0, 0.1) is 5.92 Å². The summed E-state index contributed by atoms with van der Waals surface area (Å²) in [5.74, 6) is 2.53. The monoisotopic (exact) mass is 277 g/mol.